The predicted molar refractivity (Wildman–Crippen MR) is 67.9 cm³/mol. The molecule has 2 rings (SSSR count). The maximum absolute atomic E-state index is 5.35. The molecule has 0 radical (unpaired) electrons. The molecule has 1 aromatic rings. The lowest BCUT2D eigenvalue weighted by atomic mass is 10.2. The lowest BCUT2D eigenvalue weighted by Crippen LogP contribution is -2.46. The normalized spacial score (nSPS) is 19.8. The largest absolute Gasteiger partial charge is 0.379 e. The zero-order valence-corrected chi connectivity index (χ0v) is 10.6. The van der Waals surface area contributed by atoms with Crippen molar-refractivity contribution >= 4 is 11.3 Å². The van der Waals surface area contributed by atoms with Crippen molar-refractivity contribution in [2.45, 2.75) is 19.5 Å². The molecule has 1 fully saturated rings. The second-order valence-electron chi connectivity index (χ2n) is 4.21. The zero-order valence-electron chi connectivity index (χ0n) is 9.82. The Bertz CT molecular complexity index is 283. The lowest BCUT2D eigenvalue weighted by Gasteiger charge is -2.32. The molecule has 3 nitrogen and oxygen atoms in total. The summed E-state index contributed by atoms with van der Waals surface area (Å²) in [7, 11) is 0. The second kappa shape index (κ2) is 6.35. The average Bonchev–Trinajstić information content (AvgIpc) is 2.83. The number of rotatable bonds is 5. The van der Waals surface area contributed by atoms with Crippen LogP contribution in [0.3, 0.4) is 0 Å². The smallest absolute Gasteiger partial charge is 0.0594 e. The van der Waals surface area contributed by atoms with Crippen LogP contribution in [-0.4, -0.2) is 43.8 Å². The highest BCUT2D eigenvalue weighted by Crippen LogP contribution is 2.08. The van der Waals surface area contributed by atoms with Gasteiger partial charge in [-0.25, -0.2) is 0 Å². The second-order valence-corrected chi connectivity index (χ2v) is 5.24. The standard InChI is InChI=1S/C12H20N2OS/c1-11(14-4-6-15-7-5-14)9-13-10-12-3-2-8-16-12/h2-3,8,11,13H,4-7,9-10H2,1H3. The summed E-state index contributed by atoms with van der Waals surface area (Å²) < 4.78 is 5.35. The highest BCUT2D eigenvalue weighted by molar-refractivity contribution is 7.09. The molecule has 1 atom stereocenters. The van der Waals surface area contributed by atoms with Gasteiger partial charge in [0.15, 0.2) is 0 Å². The maximum Gasteiger partial charge on any atom is 0.0594 e. The van der Waals surface area contributed by atoms with Crippen molar-refractivity contribution in [2.75, 3.05) is 32.8 Å². The van der Waals surface area contributed by atoms with Crippen LogP contribution >= 0.6 is 11.3 Å². The average molecular weight is 240 g/mol. The fourth-order valence-electron chi connectivity index (χ4n) is 1.96. The van der Waals surface area contributed by atoms with Gasteiger partial charge in [-0.1, -0.05) is 6.07 Å². The van der Waals surface area contributed by atoms with Gasteiger partial charge < -0.3 is 10.1 Å². The summed E-state index contributed by atoms with van der Waals surface area (Å²) in [5.74, 6) is 0. The van der Waals surface area contributed by atoms with Gasteiger partial charge in [-0.05, 0) is 18.4 Å². The fourth-order valence-corrected chi connectivity index (χ4v) is 2.64. The number of hydrogen-bond acceptors (Lipinski definition) is 4. The van der Waals surface area contributed by atoms with Crippen LogP contribution in [0.1, 0.15) is 11.8 Å². The van der Waals surface area contributed by atoms with Crippen molar-refractivity contribution in [3.63, 3.8) is 0 Å². The first kappa shape index (κ1) is 12.0. The molecular weight excluding hydrogens is 220 g/mol. The van der Waals surface area contributed by atoms with Gasteiger partial charge in [-0.15, -0.1) is 11.3 Å². The first-order valence-corrected chi connectivity index (χ1v) is 6.79. The van der Waals surface area contributed by atoms with E-state index in [0.717, 1.165) is 39.4 Å². The van der Waals surface area contributed by atoms with E-state index in [4.69, 9.17) is 4.74 Å². The van der Waals surface area contributed by atoms with Gasteiger partial charge >= 0.3 is 0 Å². The zero-order chi connectivity index (χ0) is 11.2. The Morgan fingerprint density at radius 3 is 3.00 bits per heavy atom. The van der Waals surface area contributed by atoms with Crippen molar-refractivity contribution < 1.29 is 4.74 Å². The van der Waals surface area contributed by atoms with E-state index in [1.54, 1.807) is 0 Å². The molecule has 1 unspecified atom stereocenters. The molecule has 0 amide bonds. The molecule has 1 aliphatic heterocycles. The van der Waals surface area contributed by atoms with Crippen LogP contribution in [0.2, 0.25) is 0 Å². The Hall–Kier alpha value is -0.420. The molecule has 0 bridgehead atoms. The Labute approximate surface area is 101 Å². The molecule has 1 saturated heterocycles. The molecule has 90 valence electrons. The fraction of sp³-hybridized carbons (Fsp3) is 0.667. The van der Waals surface area contributed by atoms with E-state index < -0.39 is 0 Å². The molecule has 16 heavy (non-hydrogen) atoms. The minimum atomic E-state index is 0.601. The SMILES string of the molecule is CC(CNCc1cccs1)N1CCOCC1. The van der Waals surface area contributed by atoms with E-state index in [0.29, 0.717) is 6.04 Å². The van der Waals surface area contributed by atoms with Crippen molar-refractivity contribution in [1.29, 1.82) is 0 Å². The topological polar surface area (TPSA) is 24.5 Å². The molecule has 1 N–H and O–H groups in total. The van der Waals surface area contributed by atoms with Crippen LogP contribution in [0.4, 0.5) is 0 Å². The van der Waals surface area contributed by atoms with E-state index in [2.05, 4.69) is 34.7 Å². The maximum atomic E-state index is 5.35. The molecule has 4 heteroatoms. The van der Waals surface area contributed by atoms with E-state index in [-0.39, 0.29) is 0 Å². The Balaban J connectivity index is 1.65. The van der Waals surface area contributed by atoms with Gasteiger partial charge in [0.25, 0.3) is 0 Å². The van der Waals surface area contributed by atoms with Gasteiger partial charge in [0, 0.05) is 37.1 Å². The third-order valence-corrected chi connectivity index (χ3v) is 3.86. The summed E-state index contributed by atoms with van der Waals surface area (Å²) in [6.07, 6.45) is 0. The Morgan fingerprint density at radius 2 is 2.31 bits per heavy atom. The van der Waals surface area contributed by atoms with Gasteiger partial charge in [0.1, 0.15) is 0 Å². The van der Waals surface area contributed by atoms with E-state index >= 15 is 0 Å². The monoisotopic (exact) mass is 240 g/mol. The van der Waals surface area contributed by atoms with E-state index in [1.807, 2.05) is 11.3 Å². The van der Waals surface area contributed by atoms with Crippen LogP contribution in [0.25, 0.3) is 0 Å². The predicted octanol–water partition coefficient (Wildman–Crippen LogP) is 1.56. The highest BCUT2D eigenvalue weighted by atomic mass is 32.1. The molecule has 1 aliphatic rings. The third-order valence-electron chi connectivity index (χ3n) is 2.99. The van der Waals surface area contributed by atoms with Crippen molar-refractivity contribution in [2.24, 2.45) is 0 Å². The van der Waals surface area contributed by atoms with Crippen LogP contribution < -0.4 is 5.32 Å². The number of nitrogens with one attached hydrogen (secondary N) is 1. The van der Waals surface area contributed by atoms with E-state index in [9.17, 15) is 0 Å². The van der Waals surface area contributed by atoms with Crippen LogP contribution in [-0.2, 0) is 11.3 Å². The van der Waals surface area contributed by atoms with Crippen LogP contribution in [0.5, 0.6) is 0 Å². The van der Waals surface area contributed by atoms with E-state index in [1.165, 1.54) is 4.88 Å². The van der Waals surface area contributed by atoms with Crippen LogP contribution in [0.15, 0.2) is 17.5 Å². The first-order valence-electron chi connectivity index (χ1n) is 5.91. The lowest BCUT2D eigenvalue weighted by molar-refractivity contribution is 0.0203. The minimum Gasteiger partial charge on any atom is -0.379 e. The molecular formula is C12H20N2OS. The summed E-state index contributed by atoms with van der Waals surface area (Å²) in [4.78, 5) is 3.90. The molecule has 0 spiro atoms. The number of ether oxygens (including phenoxy) is 1. The van der Waals surface area contributed by atoms with Gasteiger partial charge in [0.05, 0.1) is 13.2 Å². The molecule has 0 aromatic carbocycles. The van der Waals surface area contributed by atoms with Gasteiger partial charge in [-0.2, -0.15) is 0 Å². The Kier molecular flexibility index (Phi) is 4.78. The van der Waals surface area contributed by atoms with Crippen molar-refractivity contribution in [3.8, 4) is 0 Å². The first-order chi connectivity index (χ1) is 7.86. The van der Waals surface area contributed by atoms with Gasteiger partial charge in [-0.3, -0.25) is 4.90 Å². The summed E-state index contributed by atoms with van der Waals surface area (Å²) in [6, 6.07) is 4.88. The minimum absolute atomic E-state index is 0.601. The Morgan fingerprint density at radius 1 is 1.50 bits per heavy atom. The van der Waals surface area contributed by atoms with Gasteiger partial charge in [0.2, 0.25) is 0 Å². The summed E-state index contributed by atoms with van der Waals surface area (Å²) >= 11 is 1.81. The van der Waals surface area contributed by atoms with Crippen LogP contribution in [0, 0.1) is 0 Å². The number of morpholine rings is 1. The number of nitrogens with zero attached hydrogens (tertiary/aromatic N) is 1. The molecule has 2 heterocycles. The van der Waals surface area contributed by atoms with Crippen molar-refractivity contribution in [1.82, 2.24) is 10.2 Å². The quantitative estimate of drug-likeness (QED) is 0.845. The third kappa shape index (κ3) is 3.56. The summed E-state index contributed by atoms with van der Waals surface area (Å²) in [5.41, 5.74) is 0. The summed E-state index contributed by atoms with van der Waals surface area (Å²) in [6.45, 7) is 8.24. The number of thiophene rings is 1. The molecule has 0 saturated carbocycles. The highest BCUT2D eigenvalue weighted by Gasteiger charge is 2.16. The molecule has 1 aromatic heterocycles. The summed E-state index contributed by atoms with van der Waals surface area (Å²) in [5, 5.41) is 5.64. The molecule has 0 aliphatic carbocycles. The number of hydrogen-bond donors (Lipinski definition) is 1. The van der Waals surface area contributed by atoms with Crippen molar-refractivity contribution in [3.05, 3.63) is 22.4 Å².